The van der Waals surface area contributed by atoms with Crippen LogP contribution in [0.5, 0.6) is 0 Å². The molecule has 0 saturated heterocycles. The van der Waals surface area contributed by atoms with Crippen LogP contribution in [0.1, 0.15) is 23.6 Å². The van der Waals surface area contributed by atoms with Gasteiger partial charge in [-0.3, -0.25) is 10.3 Å². The first-order chi connectivity index (χ1) is 24.6. The van der Waals surface area contributed by atoms with Gasteiger partial charge in [0.25, 0.3) is 0 Å². The molecule has 1 heterocycles. The molecular weight excluding hydrogens is 605 g/mol. The molecule has 1 N–H and O–H groups in total. The molecule has 0 fully saturated rings. The van der Waals surface area contributed by atoms with Gasteiger partial charge in [-0.05, 0) is 109 Å². The SMILES string of the molecule is CC(NCc1ccc(-c2ccccc2)cc1)(c1ccccc1)c1cc(-c2ccc(-c3cccnc3)cc2)cc(-c2ccc3ccccc3c2)c1. The van der Waals surface area contributed by atoms with E-state index in [1.54, 1.807) is 0 Å². The van der Waals surface area contributed by atoms with Gasteiger partial charge >= 0.3 is 0 Å². The number of aromatic nitrogens is 1. The molecule has 50 heavy (non-hydrogen) atoms. The topological polar surface area (TPSA) is 24.9 Å². The summed E-state index contributed by atoms with van der Waals surface area (Å²) in [7, 11) is 0. The van der Waals surface area contributed by atoms with Crippen LogP contribution >= 0.6 is 0 Å². The van der Waals surface area contributed by atoms with E-state index in [-0.39, 0.29) is 0 Å². The van der Waals surface area contributed by atoms with E-state index in [1.165, 1.54) is 60.8 Å². The van der Waals surface area contributed by atoms with Gasteiger partial charge in [-0.2, -0.15) is 0 Å². The lowest BCUT2D eigenvalue weighted by molar-refractivity contribution is 0.436. The first-order valence-electron chi connectivity index (χ1n) is 17.2. The maximum atomic E-state index is 4.33. The van der Waals surface area contributed by atoms with Crippen molar-refractivity contribution in [1.29, 1.82) is 0 Å². The summed E-state index contributed by atoms with van der Waals surface area (Å²) >= 11 is 0. The van der Waals surface area contributed by atoms with Gasteiger partial charge in [0.1, 0.15) is 0 Å². The molecule has 0 saturated carbocycles. The highest BCUT2D eigenvalue weighted by molar-refractivity contribution is 5.88. The molecule has 1 unspecified atom stereocenters. The Labute approximate surface area is 294 Å². The fraction of sp³-hybridized carbons (Fsp3) is 0.0625. The quantitative estimate of drug-likeness (QED) is 0.169. The van der Waals surface area contributed by atoms with Crippen molar-refractivity contribution < 1.29 is 0 Å². The van der Waals surface area contributed by atoms with Crippen molar-refractivity contribution in [2.75, 3.05) is 0 Å². The van der Waals surface area contributed by atoms with E-state index in [1.807, 2.05) is 18.5 Å². The zero-order valence-corrected chi connectivity index (χ0v) is 28.1. The highest BCUT2D eigenvalue weighted by Crippen LogP contribution is 2.38. The molecule has 0 aliphatic carbocycles. The summed E-state index contributed by atoms with van der Waals surface area (Å²) in [6, 6.07) is 65.7. The molecule has 2 nitrogen and oxygen atoms in total. The average Bonchev–Trinajstić information content (AvgIpc) is 3.21. The first kappa shape index (κ1) is 31.2. The number of hydrogen-bond acceptors (Lipinski definition) is 2. The van der Waals surface area contributed by atoms with E-state index in [0.29, 0.717) is 0 Å². The standard InChI is InChI=1S/C48H38N2/c1-48(46-16-6-3-7-17-46,50-33-35-18-20-38(21-19-35)36-11-4-2-5-12-36)47-31-44(40-24-22-39(23-25-40)43-15-10-28-49-34-43)30-45(32-47)42-27-26-37-13-8-9-14-41(37)29-42/h2-32,34,50H,33H2,1H3. The highest BCUT2D eigenvalue weighted by atomic mass is 15.0. The lowest BCUT2D eigenvalue weighted by Crippen LogP contribution is -2.40. The van der Waals surface area contributed by atoms with E-state index >= 15 is 0 Å². The van der Waals surface area contributed by atoms with Crippen molar-refractivity contribution >= 4 is 10.8 Å². The Bertz CT molecular complexity index is 2350. The highest BCUT2D eigenvalue weighted by Gasteiger charge is 2.29. The van der Waals surface area contributed by atoms with E-state index in [4.69, 9.17) is 0 Å². The molecule has 7 aromatic carbocycles. The molecule has 1 aromatic heterocycles. The lowest BCUT2D eigenvalue weighted by Gasteiger charge is -2.33. The number of rotatable bonds is 9. The molecule has 0 spiro atoms. The first-order valence-corrected chi connectivity index (χ1v) is 17.2. The number of fused-ring (bicyclic) bond motifs is 1. The van der Waals surface area contributed by atoms with Gasteiger partial charge in [0, 0.05) is 18.9 Å². The summed E-state index contributed by atoms with van der Waals surface area (Å²) in [5.41, 5.74) is 12.7. The third-order valence-corrected chi connectivity index (χ3v) is 9.86. The van der Waals surface area contributed by atoms with E-state index in [0.717, 1.165) is 17.7 Å². The Balaban J connectivity index is 1.22. The fourth-order valence-corrected chi connectivity index (χ4v) is 6.87. The summed E-state index contributed by atoms with van der Waals surface area (Å²) in [5.74, 6) is 0. The molecule has 240 valence electrons. The fourth-order valence-electron chi connectivity index (χ4n) is 6.87. The summed E-state index contributed by atoms with van der Waals surface area (Å²) in [4.78, 5) is 4.33. The lowest BCUT2D eigenvalue weighted by atomic mass is 9.81. The molecule has 8 aromatic rings. The molecule has 1 atom stereocenters. The van der Waals surface area contributed by atoms with Crippen molar-refractivity contribution in [1.82, 2.24) is 10.3 Å². The van der Waals surface area contributed by atoms with Crippen LogP contribution in [0.15, 0.2) is 194 Å². The van der Waals surface area contributed by atoms with E-state index in [2.05, 4.69) is 193 Å². The molecule has 8 rings (SSSR count). The zero-order chi connectivity index (χ0) is 33.8. The third kappa shape index (κ3) is 6.50. The molecule has 2 heteroatoms. The minimum atomic E-state index is -0.476. The van der Waals surface area contributed by atoms with Gasteiger partial charge in [0.05, 0.1) is 5.54 Å². The van der Waals surface area contributed by atoms with Crippen molar-refractivity contribution in [3.63, 3.8) is 0 Å². The van der Waals surface area contributed by atoms with Crippen LogP contribution in [-0.4, -0.2) is 4.98 Å². The predicted molar refractivity (Wildman–Crippen MR) is 210 cm³/mol. The normalized spacial score (nSPS) is 12.4. The Morgan fingerprint density at radius 1 is 0.420 bits per heavy atom. The van der Waals surface area contributed by atoms with Crippen LogP contribution in [0.25, 0.3) is 55.3 Å². The van der Waals surface area contributed by atoms with Crippen LogP contribution in [0.3, 0.4) is 0 Å². The van der Waals surface area contributed by atoms with Gasteiger partial charge in [0.2, 0.25) is 0 Å². The Morgan fingerprint density at radius 2 is 0.960 bits per heavy atom. The van der Waals surface area contributed by atoms with E-state index < -0.39 is 5.54 Å². The molecule has 0 radical (unpaired) electrons. The van der Waals surface area contributed by atoms with Gasteiger partial charge in [0.15, 0.2) is 0 Å². The van der Waals surface area contributed by atoms with Crippen molar-refractivity contribution in [3.05, 3.63) is 211 Å². The zero-order valence-electron chi connectivity index (χ0n) is 28.1. The molecular formula is C48H38N2. The summed E-state index contributed by atoms with van der Waals surface area (Å²) in [6.45, 7) is 3.03. The van der Waals surface area contributed by atoms with Gasteiger partial charge in [-0.1, -0.05) is 152 Å². The Kier molecular flexibility index (Phi) is 8.61. The molecule has 0 amide bonds. The van der Waals surface area contributed by atoms with E-state index in [9.17, 15) is 0 Å². The maximum Gasteiger partial charge on any atom is 0.0664 e. The second-order valence-electron chi connectivity index (χ2n) is 13.1. The van der Waals surface area contributed by atoms with Crippen LogP contribution < -0.4 is 5.32 Å². The maximum absolute atomic E-state index is 4.33. The molecule has 0 aliphatic rings. The van der Waals surface area contributed by atoms with Gasteiger partial charge in [-0.25, -0.2) is 0 Å². The number of nitrogens with zero attached hydrogens (tertiary/aromatic N) is 1. The minimum absolute atomic E-state index is 0.476. The van der Waals surface area contributed by atoms with Crippen LogP contribution in [0.2, 0.25) is 0 Å². The smallest absolute Gasteiger partial charge is 0.0664 e. The largest absolute Gasteiger partial charge is 0.300 e. The second-order valence-corrected chi connectivity index (χ2v) is 13.1. The van der Waals surface area contributed by atoms with Crippen LogP contribution in [0, 0.1) is 0 Å². The number of hydrogen-bond donors (Lipinski definition) is 1. The van der Waals surface area contributed by atoms with Crippen molar-refractivity contribution in [2.45, 2.75) is 19.0 Å². The number of pyridine rings is 1. The molecule has 0 aliphatic heterocycles. The van der Waals surface area contributed by atoms with Crippen molar-refractivity contribution in [2.24, 2.45) is 0 Å². The number of nitrogens with one attached hydrogen (secondary N) is 1. The summed E-state index contributed by atoms with van der Waals surface area (Å²) in [5, 5.41) is 6.49. The summed E-state index contributed by atoms with van der Waals surface area (Å²) in [6.07, 6.45) is 3.73. The predicted octanol–water partition coefficient (Wildman–Crippen LogP) is 12.0. The number of benzene rings is 7. The van der Waals surface area contributed by atoms with Gasteiger partial charge in [-0.15, -0.1) is 0 Å². The third-order valence-electron chi connectivity index (χ3n) is 9.86. The second kappa shape index (κ2) is 13.8. The van der Waals surface area contributed by atoms with Gasteiger partial charge < -0.3 is 0 Å². The van der Waals surface area contributed by atoms with Crippen LogP contribution in [-0.2, 0) is 12.1 Å². The van der Waals surface area contributed by atoms with Crippen molar-refractivity contribution in [3.8, 4) is 44.5 Å². The Morgan fingerprint density at radius 3 is 1.66 bits per heavy atom. The Hall–Kier alpha value is -6.09. The average molecular weight is 643 g/mol. The summed E-state index contributed by atoms with van der Waals surface area (Å²) < 4.78 is 0. The molecule has 0 bridgehead atoms. The monoisotopic (exact) mass is 642 g/mol. The minimum Gasteiger partial charge on any atom is -0.300 e. The van der Waals surface area contributed by atoms with Crippen LogP contribution in [0.4, 0.5) is 0 Å².